The molecule has 3 aromatic rings. The normalized spacial score (nSPS) is 17.3. The zero-order valence-electron chi connectivity index (χ0n) is 20.4. The lowest BCUT2D eigenvalue weighted by Gasteiger charge is -2.35. The van der Waals surface area contributed by atoms with E-state index in [1.807, 2.05) is 18.5 Å². The number of fused-ring (bicyclic) bond motifs is 1. The van der Waals surface area contributed by atoms with Crippen molar-refractivity contribution >= 4 is 44.9 Å². The van der Waals surface area contributed by atoms with E-state index in [-0.39, 0.29) is 12.5 Å². The minimum atomic E-state index is 0.0406. The van der Waals surface area contributed by atoms with E-state index >= 15 is 0 Å². The number of anilines is 3. The molecule has 0 aromatic carbocycles. The number of β-amino-alcohol motifs (C(OH)–C–C–N with tert-alkyl or cyclic N) is 1. The van der Waals surface area contributed by atoms with Gasteiger partial charge in [-0.25, -0.2) is 15.0 Å². The molecule has 1 amide bonds. The monoisotopic (exact) mass is 495 g/mol. The highest BCUT2D eigenvalue weighted by Gasteiger charge is 2.29. The number of pyridine rings is 1. The van der Waals surface area contributed by atoms with E-state index < -0.39 is 0 Å². The summed E-state index contributed by atoms with van der Waals surface area (Å²) in [6.07, 6.45) is 8.29. The zero-order valence-corrected chi connectivity index (χ0v) is 21.2. The molecule has 0 unspecified atom stereocenters. The first-order valence-electron chi connectivity index (χ1n) is 12.4. The Bertz CT molecular complexity index is 1170. The predicted molar refractivity (Wildman–Crippen MR) is 140 cm³/mol. The Morgan fingerprint density at radius 2 is 1.91 bits per heavy atom. The fourth-order valence-corrected chi connectivity index (χ4v) is 6.28. The largest absolute Gasteiger partial charge is 0.395 e. The van der Waals surface area contributed by atoms with Crippen molar-refractivity contribution in [2.75, 3.05) is 63.6 Å². The molecular formula is C25H33N7O2S. The minimum Gasteiger partial charge on any atom is -0.395 e. The molecule has 2 N–H and O–H groups in total. The van der Waals surface area contributed by atoms with Gasteiger partial charge in [0.1, 0.15) is 5.82 Å². The number of aromatic nitrogens is 3. The number of aliphatic hydroxyl groups is 1. The van der Waals surface area contributed by atoms with Crippen LogP contribution in [0.4, 0.5) is 17.5 Å². The Kier molecular flexibility index (Phi) is 7.12. The van der Waals surface area contributed by atoms with E-state index in [2.05, 4.69) is 31.2 Å². The number of hydrogen-bond donors (Lipinski definition) is 2. The average molecular weight is 496 g/mol. The number of nitrogens with one attached hydrogen (secondary N) is 1. The van der Waals surface area contributed by atoms with Crippen LogP contribution in [0.1, 0.15) is 46.8 Å². The van der Waals surface area contributed by atoms with Gasteiger partial charge in [0.25, 0.3) is 5.91 Å². The van der Waals surface area contributed by atoms with Gasteiger partial charge in [0.2, 0.25) is 5.95 Å². The van der Waals surface area contributed by atoms with E-state index in [0.29, 0.717) is 17.7 Å². The molecule has 1 saturated carbocycles. The van der Waals surface area contributed by atoms with E-state index in [1.165, 1.54) is 24.2 Å². The van der Waals surface area contributed by atoms with Crippen LogP contribution in [0.5, 0.6) is 0 Å². The van der Waals surface area contributed by atoms with Gasteiger partial charge in [-0.1, -0.05) is 12.8 Å². The fourth-order valence-electron chi connectivity index (χ4n) is 5.06. The van der Waals surface area contributed by atoms with Gasteiger partial charge in [-0.2, -0.15) is 0 Å². The standard InChI is InChI=1S/C25H33N7O2S/c1-30(2)24(34)23-21(17-5-3-4-6-17)22-19(35-23)16-27-25(29-22)28-20-8-7-18(15-26-20)32-11-9-31(10-12-32)13-14-33/h7-8,15-17,33H,3-6,9-14H2,1-2H3,(H,26,27,28,29). The van der Waals surface area contributed by atoms with Gasteiger partial charge < -0.3 is 20.2 Å². The first-order chi connectivity index (χ1) is 17.0. The number of amides is 1. The van der Waals surface area contributed by atoms with Crippen molar-refractivity contribution in [2.45, 2.75) is 31.6 Å². The van der Waals surface area contributed by atoms with Crippen molar-refractivity contribution in [3.05, 3.63) is 35.0 Å². The smallest absolute Gasteiger partial charge is 0.263 e. The van der Waals surface area contributed by atoms with Crippen molar-refractivity contribution in [3.8, 4) is 0 Å². The highest BCUT2D eigenvalue weighted by Crippen LogP contribution is 2.43. The fraction of sp³-hybridized carbons (Fsp3) is 0.520. The maximum atomic E-state index is 12.9. The lowest BCUT2D eigenvalue weighted by atomic mass is 9.96. The van der Waals surface area contributed by atoms with Crippen LogP contribution < -0.4 is 10.2 Å². The number of hydrogen-bond acceptors (Lipinski definition) is 9. The van der Waals surface area contributed by atoms with Crippen LogP contribution in [0.25, 0.3) is 10.2 Å². The molecule has 9 nitrogen and oxygen atoms in total. The van der Waals surface area contributed by atoms with Crippen LogP contribution >= 0.6 is 11.3 Å². The third-order valence-electron chi connectivity index (χ3n) is 6.97. The van der Waals surface area contributed by atoms with Crippen LogP contribution in [0, 0.1) is 0 Å². The van der Waals surface area contributed by atoms with Crippen molar-refractivity contribution in [3.63, 3.8) is 0 Å². The molecule has 0 atom stereocenters. The molecule has 5 rings (SSSR count). The van der Waals surface area contributed by atoms with Gasteiger partial charge in [0, 0.05) is 52.4 Å². The van der Waals surface area contributed by atoms with Gasteiger partial charge >= 0.3 is 0 Å². The van der Waals surface area contributed by atoms with Crippen molar-refractivity contribution in [2.24, 2.45) is 0 Å². The molecule has 35 heavy (non-hydrogen) atoms. The van der Waals surface area contributed by atoms with E-state index in [4.69, 9.17) is 10.1 Å². The number of rotatable bonds is 7. The summed E-state index contributed by atoms with van der Waals surface area (Å²) in [5, 5.41) is 12.4. The average Bonchev–Trinajstić information content (AvgIpc) is 3.52. The minimum absolute atomic E-state index is 0.0406. The highest BCUT2D eigenvalue weighted by molar-refractivity contribution is 7.21. The quantitative estimate of drug-likeness (QED) is 0.515. The van der Waals surface area contributed by atoms with Gasteiger partial charge in [0.05, 0.1) is 39.8 Å². The summed E-state index contributed by atoms with van der Waals surface area (Å²) in [4.78, 5) is 33.9. The Morgan fingerprint density at radius 3 is 2.57 bits per heavy atom. The molecule has 1 aliphatic heterocycles. The van der Waals surface area contributed by atoms with Crippen molar-refractivity contribution < 1.29 is 9.90 Å². The SMILES string of the molecule is CN(C)C(=O)c1sc2cnc(Nc3ccc(N4CCN(CCO)CC4)cn3)nc2c1C1CCCC1. The zero-order chi connectivity index (χ0) is 24.4. The molecule has 1 saturated heterocycles. The van der Waals surface area contributed by atoms with Crippen LogP contribution in [-0.2, 0) is 0 Å². The second-order valence-electron chi connectivity index (χ2n) is 9.51. The van der Waals surface area contributed by atoms with E-state index in [9.17, 15) is 4.79 Å². The molecular weight excluding hydrogens is 462 g/mol. The molecule has 4 heterocycles. The van der Waals surface area contributed by atoms with Gasteiger partial charge in [0.15, 0.2) is 0 Å². The second kappa shape index (κ2) is 10.4. The Labute approximate surface area is 209 Å². The van der Waals surface area contributed by atoms with Gasteiger partial charge in [-0.15, -0.1) is 11.3 Å². The molecule has 186 valence electrons. The van der Waals surface area contributed by atoms with Crippen LogP contribution in [0.15, 0.2) is 24.5 Å². The first kappa shape index (κ1) is 23.9. The summed E-state index contributed by atoms with van der Waals surface area (Å²) in [7, 11) is 3.60. The Hall–Kier alpha value is -2.82. The number of carbonyl (C=O) groups is 1. The molecule has 0 radical (unpaired) electrons. The maximum Gasteiger partial charge on any atom is 0.263 e. The molecule has 0 bridgehead atoms. The number of piperazine rings is 1. The molecule has 2 fully saturated rings. The molecule has 1 aliphatic carbocycles. The third kappa shape index (κ3) is 5.10. The van der Waals surface area contributed by atoms with Crippen molar-refractivity contribution in [1.29, 1.82) is 0 Å². The summed E-state index contributed by atoms with van der Waals surface area (Å²) in [5.74, 6) is 1.60. The van der Waals surface area contributed by atoms with Crippen LogP contribution in [-0.4, -0.2) is 89.2 Å². The van der Waals surface area contributed by atoms with Crippen LogP contribution in [0.2, 0.25) is 0 Å². The summed E-state index contributed by atoms with van der Waals surface area (Å²) in [5.41, 5.74) is 3.07. The topological polar surface area (TPSA) is 97.7 Å². The summed E-state index contributed by atoms with van der Waals surface area (Å²) < 4.78 is 0.950. The molecule has 3 aromatic heterocycles. The van der Waals surface area contributed by atoms with Crippen molar-refractivity contribution in [1.82, 2.24) is 24.8 Å². The predicted octanol–water partition coefficient (Wildman–Crippen LogP) is 3.30. The molecule has 10 heteroatoms. The lowest BCUT2D eigenvalue weighted by molar-refractivity contribution is 0.0831. The molecule has 2 aliphatic rings. The Balaban J connectivity index is 1.35. The van der Waals surface area contributed by atoms with Gasteiger partial charge in [-0.3, -0.25) is 9.69 Å². The summed E-state index contributed by atoms with van der Waals surface area (Å²) in [6.45, 7) is 4.66. The summed E-state index contributed by atoms with van der Waals surface area (Å²) in [6, 6.07) is 4.02. The molecule has 0 spiro atoms. The lowest BCUT2D eigenvalue weighted by Crippen LogP contribution is -2.47. The Morgan fingerprint density at radius 1 is 1.14 bits per heavy atom. The van der Waals surface area contributed by atoms with E-state index in [1.54, 1.807) is 19.0 Å². The summed E-state index contributed by atoms with van der Waals surface area (Å²) >= 11 is 1.50. The van der Waals surface area contributed by atoms with Crippen LogP contribution in [0.3, 0.4) is 0 Å². The highest BCUT2D eigenvalue weighted by atomic mass is 32.1. The maximum absolute atomic E-state index is 12.9. The third-order valence-corrected chi connectivity index (χ3v) is 8.09. The second-order valence-corrected chi connectivity index (χ2v) is 10.6. The van der Waals surface area contributed by atoms with Gasteiger partial charge in [-0.05, 0) is 30.9 Å². The van der Waals surface area contributed by atoms with E-state index in [0.717, 1.165) is 71.9 Å². The number of carbonyl (C=O) groups excluding carboxylic acids is 1. The number of nitrogens with zero attached hydrogens (tertiary/aromatic N) is 6. The number of thiophene rings is 1. The number of aliphatic hydroxyl groups excluding tert-OH is 1. The first-order valence-corrected chi connectivity index (χ1v) is 13.2.